The Bertz CT molecular complexity index is 296. The summed E-state index contributed by atoms with van der Waals surface area (Å²) in [5, 5.41) is 8.65. The Kier molecular flexibility index (Phi) is 5.40. The number of carbonyl (C=O) groups is 1. The highest BCUT2D eigenvalue weighted by molar-refractivity contribution is 7.89. The van der Waals surface area contributed by atoms with Crippen LogP contribution in [0.4, 0.5) is 0 Å². The van der Waals surface area contributed by atoms with Crippen LogP contribution in [0.5, 0.6) is 0 Å². The summed E-state index contributed by atoms with van der Waals surface area (Å²) in [7, 11) is -3.40. The number of sulfonamides is 1. The fraction of sp³-hybridized carbons (Fsp3) is 0.625. The molecule has 2 N–H and O–H groups in total. The Morgan fingerprint density at radius 1 is 1.64 bits per heavy atom. The molecule has 14 heavy (non-hydrogen) atoms. The Balaban J connectivity index is 4.16. The molecule has 0 aromatic rings. The summed E-state index contributed by atoms with van der Waals surface area (Å²) in [6.07, 6.45) is 1.65. The normalized spacial score (nSPS) is 13.5. The zero-order chi connectivity index (χ0) is 11.2. The van der Waals surface area contributed by atoms with Crippen LogP contribution in [0.15, 0.2) is 12.7 Å². The van der Waals surface area contributed by atoms with E-state index in [9.17, 15) is 13.2 Å². The molecule has 0 rings (SSSR count). The second kappa shape index (κ2) is 5.77. The minimum absolute atomic E-state index is 0.0675. The fourth-order valence-electron chi connectivity index (χ4n) is 0.848. The van der Waals surface area contributed by atoms with E-state index in [1.54, 1.807) is 6.92 Å². The van der Waals surface area contributed by atoms with Gasteiger partial charge >= 0.3 is 5.97 Å². The fourth-order valence-corrected chi connectivity index (χ4v) is 1.73. The molecule has 5 nitrogen and oxygen atoms in total. The smallest absolute Gasteiger partial charge is 0.307 e. The highest BCUT2D eigenvalue weighted by Gasteiger charge is 2.17. The Morgan fingerprint density at radius 2 is 2.21 bits per heavy atom. The molecule has 0 saturated heterocycles. The van der Waals surface area contributed by atoms with Crippen molar-refractivity contribution in [3.63, 3.8) is 0 Å². The molecule has 0 fully saturated rings. The van der Waals surface area contributed by atoms with Crippen LogP contribution >= 0.6 is 0 Å². The summed E-state index contributed by atoms with van der Waals surface area (Å²) in [4.78, 5) is 10.6. The number of rotatable bonds is 7. The summed E-state index contributed by atoms with van der Waals surface area (Å²) >= 11 is 0. The Hall–Kier alpha value is -0.880. The molecule has 0 amide bonds. The second-order valence-electron chi connectivity index (χ2n) is 2.86. The summed E-state index contributed by atoms with van der Waals surface area (Å²) < 4.78 is 24.4. The van der Waals surface area contributed by atoms with Crippen LogP contribution in [0, 0.1) is 5.92 Å². The minimum Gasteiger partial charge on any atom is -0.481 e. The molecule has 0 aromatic heterocycles. The van der Waals surface area contributed by atoms with Gasteiger partial charge in [-0.25, -0.2) is 13.1 Å². The molecule has 0 bridgehead atoms. The van der Waals surface area contributed by atoms with E-state index in [0.29, 0.717) is 6.42 Å². The van der Waals surface area contributed by atoms with Crippen molar-refractivity contribution in [3.8, 4) is 0 Å². The Morgan fingerprint density at radius 3 is 2.57 bits per heavy atom. The van der Waals surface area contributed by atoms with Gasteiger partial charge in [0.25, 0.3) is 0 Å². The molecule has 0 aromatic carbocycles. The van der Waals surface area contributed by atoms with Crippen LogP contribution in [0.1, 0.15) is 13.3 Å². The molecule has 0 aliphatic carbocycles. The van der Waals surface area contributed by atoms with Gasteiger partial charge < -0.3 is 5.11 Å². The van der Waals surface area contributed by atoms with Gasteiger partial charge in [-0.2, -0.15) is 0 Å². The number of carboxylic acids is 1. The van der Waals surface area contributed by atoms with Crippen molar-refractivity contribution >= 4 is 16.0 Å². The monoisotopic (exact) mass is 221 g/mol. The van der Waals surface area contributed by atoms with Crippen LogP contribution in [0.3, 0.4) is 0 Å². The maximum absolute atomic E-state index is 11.1. The molecule has 0 saturated carbocycles. The first kappa shape index (κ1) is 13.1. The van der Waals surface area contributed by atoms with Gasteiger partial charge in [0, 0.05) is 6.54 Å². The molecule has 0 aliphatic rings. The van der Waals surface area contributed by atoms with Gasteiger partial charge in [-0.15, -0.1) is 6.58 Å². The molecule has 0 spiro atoms. The molecule has 0 radical (unpaired) electrons. The van der Waals surface area contributed by atoms with E-state index in [-0.39, 0.29) is 12.3 Å². The van der Waals surface area contributed by atoms with Crippen molar-refractivity contribution in [1.29, 1.82) is 0 Å². The highest BCUT2D eigenvalue weighted by Crippen LogP contribution is 2.01. The van der Waals surface area contributed by atoms with Gasteiger partial charge in [-0.05, 0) is 6.42 Å². The van der Waals surface area contributed by atoms with E-state index in [1.807, 2.05) is 0 Å². The second-order valence-corrected chi connectivity index (χ2v) is 4.71. The number of hydrogen-bond acceptors (Lipinski definition) is 3. The standard InChI is InChI=1S/C8H15NO4S/c1-3-5-14(12,13)9-6-7(4-2)8(10)11/h3,7,9H,1,4-6H2,2H3,(H,10,11). The highest BCUT2D eigenvalue weighted by atomic mass is 32.2. The SMILES string of the molecule is C=CCS(=O)(=O)NCC(CC)C(=O)O. The summed E-state index contributed by atoms with van der Waals surface area (Å²) in [6, 6.07) is 0. The summed E-state index contributed by atoms with van der Waals surface area (Å²) in [5.41, 5.74) is 0. The van der Waals surface area contributed by atoms with Gasteiger partial charge in [0.15, 0.2) is 0 Å². The van der Waals surface area contributed by atoms with Gasteiger partial charge in [-0.1, -0.05) is 13.0 Å². The average Bonchev–Trinajstić information content (AvgIpc) is 2.04. The zero-order valence-corrected chi connectivity index (χ0v) is 8.88. The molecular formula is C8H15NO4S. The largest absolute Gasteiger partial charge is 0.481 e. The number of hydrogen-bond donors (Lipinski definition) is 2. The molecule has 1 unspecified atom stereocenters. The third-order valence-electron chi connectivity index (χ3n) is 1.73. The van der Waals surface area contributed by atoms with E-state index >= 15 is 0 Å². The van der Waals surface area contributed by atoms with Crippen LogP contribution in [-0.2, 0) is 14.8 Å². The minimum atomic E-state index is -3.40. The molecule has 0 heterocycles. The number of carboxylic acid groups (broad SMARTS) is 1. The molecule has 1 atom stereocenters. The number of aliphatic carboxylic acids is 1. The van der Waals surface area contributed by atoms with E-state index in [4.69, 9.17) is 5.11 Å². The van der Waals surface area contributed by atoms with Gasteiger partial charge in [0.05, 0.1) is 11.7 Å². The molecule has 82 valence electrons. The maximum Gasteiger partial charge on any atom is 0.307 e. The van der Waals surface area contributed by atoms with Crippen molar-refractivity contribution < 1.29 is 18.3 Å². The van der Waals surface area contributed by atoms with E-state index < -0.39 is 21.9 Å². The van der Waals surface area contributed by atoms with Crippen molar-refractivity contribution in [3.05, 3.63) is 12.7 Å². The van der Waals surface area contributed by atoms with E-state index in [2.05, 4.69) is 11.3 Å². The van der Waals surface area contributed by atoms with E-state index in [0.717, 1.165) is 0 Å². The van der Waals surface area contributed by atoms with Crippen LogP contribution in [-0.4, -0.2) is 31.8 Å². The summed E-state index contributed by atoms with van der Waals surface area (Å²) in [5.74, 6) is -1.85. The predicted molar refractivity (Wildman–Crippen MR) is 53.4 cm³/mol. The molecule has 0 aliphatic heterocycles. The van der Waals surface area contributed by atoms with E-state index in [1.165, 1.54) is 6.08 Å². The lowest BCUT2D eigenvalue weighted by molar-refractivity contribution is -0.141. The predicted octanol–water partition coefficient (Wildman–Crippen LogP) is 0.203. The molecular weight excluding hydrogens is 206 g/mol. The van der Waals surface area contributed by atoms with Gasteiger partial charge in [0.2, 0.25) is 10.0 Å². The first-order valence-corrected chi connectivity index (χ1v) is 5.89. The van der Waals surface area contributed by atoms with Crippen LogP contribution in [0.25, 0.3) is 0 Å². The lowest BCUT2D eigenvalue weighted by Crippen LogP contribution is -2.33. The van der Waals surface area contributed by atoms with Gasteiger partial charge in [0.1, 0.15) is 0 Å². The third-order valence-corrected chi connectivity index (χ3v) is 3.01. The molecule has 6 heteroatoms. The quantitative estimate of drug-likeness (QED) is 0.602. The van der Waals surface area contributed by atoms with Gasteiger partial charge in [-0.3, -0.25) is 4.79 Å². The van der Waals surface area contributed by atoms with Crippen LogP contribution in [0.2, 0.25) is 0 Å². The van der Waals surface area contributed by atoms with Crippen molar-refractivity contribution in [2.24, 2.45) is 5.92 Å². The Labute approximate surface area is 83.9 Å². The summed E-state index contributed by atoms with van der Waals surface area (Å²) in [6.45, 7) is 4.92. The van der Waals surface area contributed by atoms with Crippen LogP contribution < -0.4 is 4.72 Å². The topological polar surface area (TPSA) is 83.5 Å². The first-order chi connectivity index (χ1) is 6.43. The van der Waals surface area contributed by atoms with Crippen molar-refractivity contribution in [2.45, 2.75) is 13.3 Å². The van der Waals surface area contributed by atoms with Crippen molar-refractivity contribution in [1.82, 2.24) is 4.72 Å². The first-order valence-electron chi connectivity index (χ1n) is 4.24. The number of nitrogens with one attached hydrogen (secondary N) is 1. The third kappa shape index (κ3) is 4.98. The lowest BCUT2D eigenvalue weighted by atomic mass is 10.1. The average molecular weight is 221 g/mol. The van der Waals surface area contributed by atoms with Crippen molar-refractivity contribution in [2.75, 3.05) is 12.3 Å². The lowest BCUT2D eigenvalue weighted by Gasteiger charge is -2.10. The zero-order valence-electron chi connectivity index (χ0n) is 8.06. The maximum atomic E-state index is 11.1.